The van der Waals surface area contributed by atoms with Crippen LogP contribution in [0, 0.1) is 50.2 Å². The summed E-state index contributed by atoms with van der Waals surface area (Å²) in [4.78, 5) is 40.9. The maximum atomic E-state index is 13.8. The van der Waals surface area contributed by atoms with Gasteiger partial charge in [-0.3, -0.25) is 0 Å². The van der Waals surface area contributed by atoms with Crippen LogP contribution in [0.15, 0.2) is 34.9 Å². The zero-order chi connectivity index (χ0) is 59.1. The van der Waals surface area contributed by atoms with Crippen LogP contribution < -0.4 is 0 Å². The van der Waals surface area contributed by atoms with Crippen LogP contribution in [0.4, 0.5) is 0 Å². The number of hydrogen-bond donors (Lipinski definition) is 10. The highest BCUT2D eigenvalue weighted by Gasteiger charge is 2.74. The van der Waals surface area contributed by atoms with Crippen LogP contribution in [0.25, 0.3) is 0 Å². The quantitative estimate of drug-likeness (QED) is 0.0386. The largest absolute Gasteiger partial charge is 0.467 e. The Kier molecular flexibility index (Phi) is 18.2. The first kappa shape index (κ1) is 63.0. The summed E-state index contributed by atoms with van der Waals surface area (Å²) in [6, 6.07) is 0. The lowest BCUT2D eigenvalue weighted by Crippen LogP contribution is -2.72. The number of fused-ring (bicyclic) bond motifs is 7. The Labute approximate surface area is 468 Å². The smallest absolute Gasteiger partial charge is 0.337 e. The zero-order valence-corrected chi connectivity index (χ0v) is 48.3. The Morgan fingerprint density at radius 1 is 0.650 bits per heavy atom. The summed E-state index contributed by atoms with van der Waals surface area (Å²) in [6.45, 7) is 19.6. The summed E-state index contributed by atoms with van der Waals surface area (Å²) < 4.78 is 54.9. The van der Waals surface area contributed by atoms with E-state index in [4.69, 9.17) is 42.6 Å². The van der Waals surface area contributed by atoms with Crippen molar-refractivity contribution in [2.45, 2.75) is 232 Å². The fraction of sp³-hybridized carbons (Fsp3) is 0.845. The molecule has 0 radical (unpaired) electrons. The summed E-state index contributed by atoms with van der Waals surface area (Å²) in [5, 5.41) is 111. The number of aliphatic hydroxyl groups is 10. The van der Waals surface area contributed by atoms with Crippen molar-refractivity contribution in [2.24, 2.45) is 50.2 Å². The second-order valence-corrected chi connectivity index (χ2v) is 26.2. The first-order valence-electron chi connectivity index (χ1n) is 28.4. The molecule has 10 N–H and O–H groups in total. The Hall–Kier alpha value is -3.01. The normalized spacial score (nSPS) is 48.1. The van der Waals surface area contributed by atoms with Crippen LogP contribution in [0.5, 0.6) is 0 Å². The summed E-state index contributed by atoms with van der Waals surface area (Å²) in [5.41, 5.74) is -2.60. The monoisotopic (exact) mass is 1140 g/mol. The van der Waals surface area contributed by atoms with Crippen LogP contribution >= 0.6 is 0 Å². The van der Waals surface area contributed by atoms with E-state index in [1.165, 1.54) is 0 Å². The Balaban J connectivity index is 1.13. The molecular formula is C58H90O22. The number of carbonyl (C=O) groups excluding carboxylic acids is 3. The summed E-state index contributed by atoms with van der Waals surface area (Å²) in [6.07, 6.45) is -19.1. The van der Waals surface area contributed by atoms with Crippen LogP contribution in [0.1, 0.15) is 121 Å². The van der Waals surface area contributed by atoms with E-state index in [2.05, 4.69) is 40.7 Å². The third-order valence-corrected chi connectivity index (χ3v) is 21.4. The molecule has 454 valence electrons. The number of ether oxygens (including phenoxy) is 9. The molecule has 22 heteroatoms. The first-order chi connectivity index (χ1) is 37.4. The summed E-state index contributed by atoms with van der Waals surface area (Å²) >= 11 is 0. The molecule has 3 saturated heterocycles. The molecule has 7 fully saturated rings. The molecule has 0 spiro atoms. The molecule has 22 nitrogen and oxygen atoms in total. The molecule has 0 bridgehead atoms. The molecule has 0 aromatic carbocycles. The lowest BCUT2D eigenvalue weighted by molar-refractivity contribution is -0.386. The van der Waals surface area contributed by atoms with Crippen molar-refractivity contribution in [1.82, 2.24) is 0 Å². The van der Waals surface area contributed by atoms with E-state index in [9.17, 15) is 65.4 Å². The lowest BCUT2D eigenvalue weighted by atomic mass is 9.33. The van der Waals surface area contributed by atoms with Crippen LogP contribution in [-0.2, 0) is 57.0 Å². The summed E-state index contributed by atoms with van der Waals surface area (Å²) in [7, 11) is 1.08. The Morgan fingerprint density at radius 2 is 1.20 bits per heavy atom. The van der Waals surface area contributed by atoms with Crippen molar-refractivity contribution in [1.29, 1.82) is 0 Å². The second kappa shape index (κ2) is 23.1. The highest BCUT2D eigenvalue weighted by molar-refractivity contribution is 5.89. The van der Waals surface area contributed by atoms with E-state index < -0.39 is 181 Å². The third-order valence-electron chi connectivity index (χ3n) is 21.4. The fourth-order valence-electron chi connectivity index (χ4n) is 16.3. The lowest BCUT2D eigenvalue weighted by Gasteiger charge is -2.72. The number of hydrogen-bond acceptors (Lipinski definition) is 22. The van der Waals surface area contributed by atoms with Crippen molar-refractivity contribution in [3.63, 3.8) is 0 Å². The minimum Gasteiger partial charge on any atom is -0.467 e. The van der Waals surface area contributed by atoms with Gasteiger partial charge in [-0.1, -0.05) is 72.3 Å². The molecular weight excluding hydrogens is 1050 g/mol. The average Bonchev–Trinajstić information content (AvgIpc) is 3.36. The first-order valence-corrected chi connectivity index (χ1v) is 28.4. The van der Waals surface area contributed by atoms with E-state index >= 15 is 0 Å². The van der Waals surface area contributed by atoms with Crippen molar-refractivity contribution in [3.8, 4) is 0 Å². The van der Waals surface area contributed by atoms with Gasteiger partial charge in [0.25, 0.3) is 0 Å². The molecule has 0 amide bonds. The number of aliphatic hydroxyl groups excluding tert-OH is 10. The Morgan fingerprint density at radius 3 is 1.75 bits per heavy atom. The van der Waals surface area contributed by atoms with Crippen molar-refractivity contribution in [3.05, 3.63) is 34.9 Å². The average molecular weight is 1140 g/mol. The van der Waals surface area contributed by atoms with Gasteiger partial charge in [0.05, 0.1) is 44.6 Å². The minimum absolute atomic E-state index is 0.0393. The van der Waals surface area contributed by atoms with Gasteiger partial charge in [-0.15, -0.1) is 0 Å². The SMILES string of the molecule is C/C=C(/C)C(=O)O[C@H]1[C@H](OC(=O)/C(C)=C/C)[C@@]2(CO)C(CC1(C)C)C1=CC[C@@H]3[C@@]4(C)CC[C@H](O[C@@H]5O[C@H](C(=O)OC)[C@@H](O)[C@H](O[C@@H]6O[C@@H](CO)[C@H](O)[C@H]6O)[C@H]5OC5O[C@H](CO)[C@H](O)[C@H](O)[C@H]5O)C(C)(C)[C@@H]4CC[C@@]3(C)[C@]1(C)C[C@H]2O. The maximum absolute atomic E-state index is 13.8. The maximum Gasteiger partial charge on any atom is 0.337 e. The van der Waals surface area contributed by atoms with Gasteiger partial charge < -0.3 is 93.7 Å². The number of methoxy groups -OCH3 is 1. The van der Waals surface area contributed by atoms with Gasteiger partial charge >= 0.3 is 17.9 Å². The van der Waals surface area contributed by atoms with Crippen LogP contribution in [0.3, 0.4) is 0 Å². The number of esters is 3. The van der Waals surface area contributed by atoms with Gasteiger partial charge in [0.1, 0.15) is 67.1 Å². The molecule has 4 saturated carbocycles. The fourth-order valence-corrected chi connectivity index (χ4v) is 16.3. The molecule has 3 aliphatic heterocycles. The van der Waals surface area contributed by atoms with E-state index in [1.807, 2.05) is 13.8 Å². The molecule has 80 heavy (non-hydrogen) atoms. The van der Waals surface area contributed by atoms with Crippen molar-refractivity contribution < 1.29 is 108 Å². The molecule has 0 aromatic rings. The molecule has 8 rings (SSSR count). The standard InChI is InChI=1S/C58H90O22/c1-13-26(3)47(69)79-45-46(80-48(70)27(4)14-2)58(25-61)29(21-53(45,5)6)28-15-16-33-55(9)19-18-35(54(7,8)32(55)17-20-56(33,10)57(28,11)22-34(58)62)75-52-44(78-51-40(67)38(65)36(63)30(23-59)73-51)42(41(68)43(77-52)49(71)72-12)76-50-39(66)37(64)31(24-60)74-50/h13-15,29-46,50-52,59-68H,16-25H2,1-12H3/b26-13-,27-14+/t29?,30-,31+,32+,33-,34-,35+,36+,37+,38+,39-,40-,41+,42+,43+,44-,45+,46+,50+,51?,52-,55+,56-,57-,58+/m1/s1. The minimum atomic E-state index is -1.97. The Bertz CT molecular complexity index is 2370. The van der Waals surface area contributed by atoms with Gasteiger partial charge in [-0.05, 0) is 112 Å². The van der Waals surface area contributed by atoms with Crippen molar-refractivity contribution >= 4 is 17.9 Å². The summed E-state index contributed by atoms with van der Waals surface area (Å²) in [5.74, 6) is -2.75. The topological polar surface area (TPSA) is 337 Å². The highest BCUT2D eigenvalue weighted by atomic mass is 16.8. The van der Waals surface area contributed by atoms with Gasteiger partial charge in [-0.25, -0.2) is 14.4 Å². The second-order valence-electron chi connectivity index (χ2n) is 26.2. The number of rotatable bonds is 14. The number of allylic oxidation sites excluding steroid dienone is 4. The van der Waals surface area contributed by atoms with E-state index in [0.717, 1.165) is 12.7 Å². The van der Waals surface area contributed by atoms with E-state index in [1.54, 1.807) is 39.8 Å². The molecule has 5 aliphatic carbocycles. The van der Waals surface area contributed by atoms with Gasteiger partial charge in [-0.2, -0.15) is 0 Å². The molecule has 3 heterocycles. The molecule has 2 unspecified atom stereocenters. The van der Waals surface area contributed by atoms with Gasteiger partial charge in [0.2, 0.25) is 0 Å². The highest BCUT2D eigenvalue weighted by Crippen LogP contribution is 2.76. The van der Waals surface area contributed by atoms with Gasteiger partial charge in [0, 0.05) is 16.6 Å². The predicted octanol–water partition coefficient (Wildman–Crippen LogP) is 1.38. The molecule has 8 aliphatic rings. The molecule has 25 atom stereocenters. The zero-order valence-electron chi connectivity index (χ0n) is 48.3. The van der Waals surface area contributed by atoms with Crippen molar-refractivity contribution in [2.75, 3.05) is 26.9 Å². The predicted molar refractivity (Wildman–Crippen MR) is 280 cm³/mol. The van der Waals surface area contributed by atoms with Gasteiger partial charge in [0.15, 0.2) is 31.1 Å². The van der Waals surface area contributed by atoms with E-state index in [-0.39, 0.29) is 23.7 Å². The third kappa shape index (κ3) is 10.1. The molecule has 0 aromatic heterocycles. The number of carbonyl (C=O) groups is 3. The van der Waals surface area contributed by atoms with Crippen LogP contribution in [0.2, 0.25) is 0 Å². The van der Waals surface area contributed by atoms with Crippen LogP contribution in [-0.4, -0.2) is 206 Å². The van der Waals surface area contributed by atoms with E-state index in [0.29, 0.717) is 49.7 Å².